The highest BCUT2D eigenvalue weighted by atomic mass is 16.5. The molecule has 1 aliphatic heterocycles. The maximum absolute atomic E-state index is 6.03. The van der Waals surface area contributed by atoms with Crippen molar-refractivity contribution in [1.29, 1.82) is 0 Å². The van der Waals surface area contributed by atoms with Crippen LogP contribution in [0.4, 0.5) is 17.5 Å². The number of ether oxygens (including phenoxy) is 1. The fourth-order valence-electron chi connectivity index (χ4n) is 3.25. The first-order valence-corrected chi connectivity index (χ1v) is 9.71. The van der Waals surface area contributed by atoms with E-state index in [1.807, 2.05) is 60.7 Å². The van der Waals surface area contributed by atoms with E-state index in [0.717, 1.165) is 61.7 Å². The fourth-order valence-corrected chi connectivity index (χ4v) is 3.25. The van der Waals surface area contributed by atoms with Crippen molar-refractivity contribution in [3.63, 3.8) is 0 Å². The van der Waals surface area contributed by atoms with Gasteiger partial charge in [-0.15, -0.1) is 0 Å². The lowest BCUT2D eigenvalue weighted by Gasteiger charge is -2.34. The lowest BCUT2D eigenvalue weighted by Crippen LogP contribution is -2.46. The highest BCUT2D eigenvalue weighted by molar-refractivity contribution is 5.65. The van der Waals surface area contributed by atoms with Crippen LogP contribution >= 0.6 is 0 Å². The van der Waals surface area contributed by atoms with E-state index >= 15 is 0 Å². The highest BCUT2D eigenvalue weighted by Gasteiger charge is 2.18. The van der Waals surface area contributed by atoms with Crippen molar-refractivity contribution in [3.8, 4) is 11.5 Å². The molecule has 1 saturated heterocycles. The molecule has 3 aromatic rings. The van der Waals surface area contributed by atoms with Gasteiger partial charge in [-0.25, -0.2) is 4.98 Å². The second kappa shape index (κ2) is 8.71. The Bertz CT molecular complexity index is 894. The molecule has 0 bridgehead atoms. The molecule has 1 N–H and O–H groups in total. The summed E-state index contributed by atoms with van der Waals surface area (Å²) in [6.45, 7) is 7.28. The maximum Gasteiger partial charge on any atom is 0.227 e. The summed E-state index contributed by atoms with van der Waals surface area (Å²) in [7, 11) is 0. The van der Waals surface area contributed by atoms with Crippen molar-refractivity contribution < 1.29 is 4.74 Å². The third-order valence-corrected chi connectivity index (χ3v) is 4.87. The van der Waals surface area contributed by atoms with E-state index < -0.39 is 0 Å². The van der Waals surface area contributed by atoms with E-state index in [1.165, 1.54) is 0 Å². The van der Waals surface area contributed by atoms with Gasteiger partial charge in [-0.05, 0) is 36.9 Å². The van der Waals surface area contributed by atoms with E-state index in [0.29, 0.717) is 0 Å². The molecular weight excluding hydrogens is 350 g/mol. The van der Waals surface area contributed by atoms with Gasteiger partial charge in [0, 0.05) is 32.4 Å². The molecule has 1 aliphatic rings. The quantitative estimate of drug-likeness (QED) is 0.698. The molecular formula is C22H25N5O. The van der Waals surface area contributed by atoms with E-state index in [2.05, 4.69) is 27.0 Å². The van der Waals surface area contributed by atoms with Crippen molar-refractivity contribution in [3.05, 3.63) is 66.9 Å². The molecule has 144 valence electrons. The molecule has 0 atom stereocenters. The topological polar surface area (TPSA) is 53.5 Å². The van der Waals surface area contributed by atoms with E-state index in [4.69, 9.17) is 9.72 Å². The molecule has 4 rings (SSSR count). The Morgan fingerprint density at radius 1 is 0.929 bits per heavy atom. The summed E-state index contributed by atoms with van der Waals surface area (Å²) in [4.78, 5) is 13.9. The summed E-state index contributed by atoms with van der Waals surface area (Å²) in [6, 6.07) is 19.5. The van der Waals surface area contributed by atoms with Crippen LogP contribution in [0.2, 0.25) is 0 Å². The molecule has 0 spiro atoms. The summed E-state index contributed by atoms with van der Waals surface area (Å²) in [6.07, 6.45) is 1.80. The van der Waals surface area contributed by atoms with Crippen molar-refractivity contribution in [2.45, 2.75) is 6.92 Å². The molecule has 1 fully saturated rings. The van der Waals surface area contributed by atoms with Crippen LogP contribution in [-0.4, -0.2) is 47.6 Å². The highest BCUT2D eigenvalue weighted by Crippen LogP contribution is 2.31. The van der Waals surface area contributed by atoms with Crippen LogP contribution < -0.4 is 15.0 Å². The molecule has 0 unspecified atom stereocenters. The van der Waals surface area contributed by atoms with E-state index in [9.17, 15) is 0 Å². The van der Waals surface area contributed by atoms with Crippen LogP contribution in [-0.2, 0) is 0 Å². The Balaban J connectivity index is 1.49. The second-order valence-electron chi connectivity index (χ2n) is 6.70. The van der Waals surface area contributed by atoms with Gasteiger partial charge >= 0.3 is 0 Å². The average Bonchev–Trinajstić information content (AvgIpc) is 2.76. The summed E-state index contributed by atoms with van der Waals surface area (Å²) in [5, 5.41) is 3.38. The number of para-hydroxylation sites is 3. The van der Waals surface area contributed by atoms with Crippen molar-refractivity contribution >= 4 is 17.5 Å². The van der Waals surface area contributed by atoms with Crippen molar-refractivity contribution in [2.24, 2.45) is 0 Å². The van der Waals surface area contributed by atoms with Gasteiger partial charge in [0.1, 0.15) is 11.6 Å². The van der Waals surface area contributed by atoms with Crippen LogP contribution in [0.3, 0.4) is 0 Å². The molecule has 28 heavy (non-hydrogen) atoms. The third-order valence-electron chi connectivity index (χ3n) is 4.87. The molecule has 2 aromatic carbocycles. The van der Waals surface area contributed by atoms with E-state index in [1.54, 1.807) is 6.20 Å². The van der Waals surface area contributed by atoms with Gasteiger partial charge in [0.2, 0.25) is 5.95 Å². The van der Waals surface area contributed by atoms with Gasteiger partial charge in [-0.1, -0.05) is 37.3 Å². The Morgan fingerprint density at radius 3 is 2.46 bits per heavy atom. The fraction of sp³-hybridized carbons (Fsp3) is 0.273. The molecule has 0 saturated carbocycles. The Kier molecular flexibility index (Phi) is 5.68. The summed E-state index contributed by atoms with van der Waals surface area (Å²) >= 11 is 0. The van der Waals surface area contributed by atoms with Crippen LogP contribution in [0.25, 0.3) is 0 Å². The smallest absolute Gasteiger partial charge is 0.227 e. The SMILES string of the molecule is CCN1CCN(c2nccc(Nc3ccccc3Oc3ccccc3)n2)CC1. The minimum absolute atomic E-state index is 0.755. The number of hydrogen-bond donors (Lipinski definition) is 1. The number of piperazine rings is 1. The van der Waals surface area contributed by atoms with Gasteiger partial charge in [0.25, 0.3) is 0 Å². The van der Waals surface area contributed by atoms with Crippen molar-refractivity contribution in [2.75, 3.05) is 42.9 Å². The summed E-state index contributed by atoms with van der Waals surface area (Å²) in [5.74, 6) is 3.08. The average molecular weight is 375 g/mol. The Labute approximate surface area is 165 Å². The Hall–Kier alpha value is -3.12. The monoisotopic (exact) mass is 375 g/mol. The van der Waals surface area contributed by atoms with Gasteiger partial charge in [-0.2, -0.15) is 4.98 Å². The normalized spacial score (nSPS) is 14.7. The number of rotatable bonds is 6. The zero-order valence-electron chi connectivity index (χ0n) is 16.1. The van der Waals surface area contributed by atoms with Crippen LogP contribution in [0.5, 0.6) is 11.5 Å². The van der Waals surface area contributed by atoms with Crippen molar-refractivity contribution in [1.82, 2.24) is 14.9 Å². The Morgan fingerprint density at radius 2 is 1.68 bits per heavy atom. The molecule has 1 aromatic heterocycles. The van der Waals surface area contributed by atoms with Gasteiger partial charge < -0.3 is 19.9 Å². The third kappa shape index (κ3) is 4.40. The minimum Gasteiger partial charge on any atom is -0.455 e. The summed E-state index contributed by atoms with van der Waals surface area (Å²) in [5.41, 5.74) is 0.867. The molecule has 0 radical (unpaired) electrons. The number of anilines is 3. The van der Waals surface area contributed by atoms with Gasteiger partial charge in [0.15, 0.2) is 5.75 Å². The first-order valence-electron chi connectivity index (χ1n) is 9.71. The first kappa shape index (κ1) is 18.3. The van der Waals surface area contributed by atoms with Gasteiger partial charge in [0.05, 0.1) is 5.69 Å². The van der Waals surface area contributed by atoms with Crippen LogP contribution in [0.15, 0.2) is 66.9 Å². The van der Waals surface area contributed by atoms with E-state index in [-0.39, 0.29) is 0 Å². The molecule has 0 aliphatic carbocycles. The number of nitrogens with zero attached hydrogens (tertiary/aromatic N) is 4. The molecule has 0 amide bonds. The standard InChI is InChI=1S/C22H25N5O/c1-2-26-14-16-27(17-15-26)22-23-13-12-21(25-22)24-19-10-6-7-11-20(19)28-18-8-4-3-5-9-18/h3-13H,2,14-17H2,1H3,(H,23,24,25). The molecule has 6 heteroatoms. The van der Waals surface area contributed by atoms with Crippen LogP contribution in [0.1, 0.15) is 6.92 Å². The predicted molar refractivity (Wildman–Crippen MR) is 113 cm³/mol. The van der Waals surface area contributed by atoms with Crippen LogP contribution in [0, 0.1) is 0 Å². The lowest BCUT2D eigenvalue weighted by molar-refractivity contribution is 0.270. The number of hydrogen-bond acceptors (Lipinski definition) is 6. The number of likely N-dealkylation sites (N-methyl/N-ethyl adjacent to an activating group) is 1. The predicted octanol–water partition coefficient (Wildman–Crippen LogP) is 4.15. The lowest BCUT2D eigenvalue weighted by atomic mass is 10.3. The maximum atomic E-state index is 6.03. The zero-order chi connectivity index (χ0) is 19.2. The number of nitrogens with one attached hydrogen (secondary N) is 1. The van der Waals surface area contributed by atoms with Gasteiger partial charge in [-0.3, -0.25) is 0 Å². The summed E-state index contributed by atoms with van der Waals surface area (Å²) < 4.78 is 6.03. The molecule has 6 nitrogen and oxygen atoms in total. The number of benzene rings is 2. The minimum atomic E-state index is 0.755. The molecule has 2 heterocycles. The number of aromatic nitrogens is 2. The largest absolute Gasteiger partial charge is 0.455 e. The first-order chi connectivity index (χ1) is 13.8. The second-order valence-corrected chi connectivity index (χ2v) is 6.70. The zero-order valence-corrected chi connectivity index (χ0v) is 16.1.